The molecule has 0 bridgehead atoms. The zero-order valence-corrected chi connectivity index (χ0v) is 12.5. The molecule has 1 N–H and O–H groups in total. The number of ether oxygens (including phenoxy) is 1. The summed E-state index contributed by atoms with van der Waals surface area (Å²) in [5.74, 6) is 0. The van der Waals surface area contributed by atoms with Crippen LogP contribution in [0.1, 0.15) is 57.5 Å². The molecule has 0 aliphatic carbocycles. The average Bonchev–Trinajstić information content (AvgIpc) is 2.66. The summed E-state index contributed by atoms with van der Waals surface area (Å²) >= 11 is 1.69. The Morgan fingerprint density at radius 3 is 2.59 bits per heavy atom. The molecule has 98 valence electrons. The summed E-state index contributed by atoms with van der Waals surface area (Å²) in [7, 11) is 1.75. The zero-order valence-electron chi connectivity index (χ0n) is 11.7. The standard InChI is InChI=1S/C13H24N2OS/c1-7-14-9(2)10-8-17-12(15-10)11(16-6)13(3,4)5/h8-9,11,14H,7H2,1-6H3. The van der Waals surface area contributed by atoms with Crippen molar-refractivity contribution < 1.29 is 4.74 Å². The topological polar surface area (TPSA) is 34.1 Å². The van der Waals surface area contributed by atoms with Crippen LogP contribution < -0.4 is 5.32 Å². The number of thiazole rings is 1. The lowest BCUT2D eigenvalue weighted by Gasteiger charge is -2.27. The molecule has 0 saturated heterocycles. The molecular formula is C13H24N2OS. The number of rotatable bonds is 5. The second-order valence-electron chi connectivity index (χ2n) is 5.37. The van der Waals surface area contributed by atoms with Crippen LogP contribution in [0.5, 0.6) is 0 Å². The van der Waals surface area contributed by atoms with Crippen molar-refractivity contribution in [1.29, 1.82) is 0 Å². The van der Waals surface area contributed by atoms with Crippen molar-refractivity contribution in [2.24, 2.45) is 5.41 Å². The van der Waals surface area contributed by atoms with E-state index in [-0.39, 0.29) is 11.5 Å². The summed E-state index contributed by atoms with van der Waals surface area (Å²) in [4.78, 5) is 4.70. The van der Waals surface area contributed by atoms with Crippen molar-refractivity contribution in [3.8, 4) is 0 Å². The molecule has 1 aromatic rings. The first-order chi connectivity index (χ1) is 7.90. The molecule has 0 radical (unpaired) electrons. The largest absolute Gasteiger partial charge is 0.374 e. The van der Waals surface area contributed by atoms with E-state index in [1.165, 1.54) is 0 Å². The van der Waals surface area contributed by atoms with Crippen molar-refractivity contribution in [2.75, 3.05) is 13.7 Å². The highest BCUT2D eigenvalue weighted by atomic mass is 32.1. The monoisotopic (exact) mass is 256 g/mol. The quantitative estimate of drug-likeness (QED) is 0.875. The number of hydrogen-bond donors (Lipinski definition) is 1. The first-order valence-corrected chi connectivity index (χ1v) is 6.99. The first kappa shape index (κ1) is 14.6. The van der Waals surface area contributed by atoms with Crippen LogP contribution in [0.3, 0.4) is 0 Å². The molecule has 2 atom stereocenters. The highest BCUT2D eigenvalue weighted by Crippen LogP contribution is 2.37. The zero-order chi connectivity index (χ0) is 13.1. The van der Waals surface area contributed by atoms with Gasteiger partial charge in [-0.2, -0.15) is 0 Å². The average molecular weight is 256 g/mol. The van der Waals surface area contributed by atoms with Crippen LogP contribution in [-0.2, 0) is 4.74 Å². The summed E-state index contributed by atoms with van der Waals surface area (Å²) in [6.07, 6.45) is 0.0649. The lowest BCUT2D eigenvalue weighted by Crippen LogP contribution is -2.21. The minimum absolute atomic E-state index is 0.0649. The third kappa shape index (κ3) is 3.76. The fourth-order valence-electron chi connectivity index (χ4n) is 1.86. The Hall–Kier alpha value is -0.450. The van der Waals surface area contributed by atoms with Crippen LogP contribution in [0.25, 0.3) is 0 Å². The SMILES string of the molecule is CCNC(C)c1csc(C(OC)C(C)(C)C)n1. The lowest BCUT2D eigenvalue weighted by molar-refractivity contribution is 0.0149. The van der Waals surface area contributed by atoms with E-state index < -0.39 is 0 Å². The molecule has 0 aliphatic rings. The molecule has 0 aromatic carbocycles. The molecule has 0 fully saturated rings. The van der Waals surface area contributed by atoms with E-state index in [1.807, 2.05) is 0 Å². The summed E-state index contributed by atoms with van der Waals surface area (Å²) < 4.78 is 5.58. The molecule has 4 heteroatoms. The third-order valence-corrected chi connectivity index (χ3v) is 3.65. The van der Waals surface area contributed by atoms with Crippen LogP contribution in [0.4, 0.5) is 0 Å². The van der Waals surface area contributed by atoms with E-state index in [0.29, 0.717) is 6.04 Å². The van der Waals surface area contributed by atoms with Gasteiger partial charge in [-0.1, -0.05) is 27.7 Å². The van der Waals surface area contributed by atoms with Gasteiger partial charge in [0.05, 0.1) is 5.69 Å². The highest BCUT2D eigenvalue weighted by Gasteiger charge is 2.29. The van der Waals surface area contributed by atoms with Crippen LogP contribution in [0.15, 0.2) is 5.38 Å². The highest BCUT2D eigenvalue weighted by molar-refractivity contribution is 7.09. The fraction of sp³-hybridized carbons (Fsp3) is 0.769. The van der Waals surface area contributed by atoms with E-state index in [4.69, 9.17) is 9.72 Å². The van der Waals surface area contributed by atoms with Gasteiger partial charge >= 0.3 is 0 Å². The van der Waals surface area contributed by atoms with Crippen molar-refractivity contribution in [3.05, 3.63) is 16.1 Å². The van der Waals surface area contributed by atoms with Gasteiger partial charge in [-0.25, -0.2) is 4.98 Å². The Balaban J connectivity index is 2.86. The second kappa shape index (κ2) is 5.94. The molecule has 0 amide bonds. The molecule has 0 spiro atoms. The molecular weight excluding hydrogens is 232 g/mol. The van der Waals surface area contributed by atoms with E-state index in [0.717, 1.165) is 17.2 Å². The minimum Gasteiger partial charge on any atom is -0.374 e. The Kier molecular flexibility index (Phi) is 5.10. The van der Waals surface area contributed by atoms with Gasteiger partial charge in [0, 0.05) is 18.5 Å². The first-order valence-electron chi connectivity index (χ1n) is 6.11. The fourth-order valence-corrected chi connectivity index (χ4v) is 3.09. The molecule has 17 heavy (non-hydrogen) atoms. The predicted molar refractivity (Wildman–Crippen MR) is 73.4 cm³/mol. The summed E-state index contributed by atoms with van der Waals surface area (Å²) in [5.41, 5.74) is 1.18. The number of aromatic nitrogens is 1. The molecule has 0 saturated carbocycles. The van der Waals surface area contributed by atoms with Crippen molar-refractivity contribution in [3.63, 3.8) is 0 Å². The number of nitrogens with one attached hydrogen (secondary N) is 1. The van der Waals surface area contributed by atoms with Crippen LogP contribution in [-0.4, -0.2) is 18.6 Å². The van der Waals surface area contributed by atoms with Crippen LogP contribution in [0.2, 0.25) is 0 Å². The van der Waals surface area contributed by atoms with Gasteiger partial charge in [0.1, 0.15) is 11.1 Å². The Morgan fingerprint density at radius 2 is 2.12 bits per heavy atom. The molecule has 0 aliphatic heterocycles. The van der Waals surface area contributed by atoms with Gasteiger partial charge in [-0.3, -0.25) is 0 Å². The third-order valence-electron chi connectivity index (χ3n) is 2.74. The summed E-state index contributed by atoms with van der Waals surface area (Å²) in [6, 6.07) is 0.308. The van der Waals surface area contributed by atoms with Gasteiger partial charge in [0.15, 0.2) is 0 Å². The molecule has 3 nitrogen and oxygen atoms in total. The van der Waals surface area contributed by atoms with E-state index in [1.54, 1.807) is 18.4 Å². The summed E-state index contributed by atoms with van der Waals surface area (Å²) in [6.45, 7) is 11.7. The minimum atomic E-state index is 0.0649. The molecule has 1 heterocycles. The van der Waals surface area contributed by atoms with Crippen molar-refractivity contribution in [2.45, 2.75) is 46.8 Å². The van der Waals surface area contributed by atoms with Gasteiger partial charge in [-0.15, -0.1) is 11.3 Å². The molecule has 1 rings (SSSR count). The Morgan fingerprint density at radius 1 is 1.47 bits per heavy atom. The van der Waals surface area contributed by atoms with Gasteiger partial charge in [-0.05, 0) is 18.9 Å². The Bertz CT molecular complexity index is 343. The lowest BCUT2D eigenvalue weighted by atomic mass is 9.89. The Labute approximate surface area is 109 Å². The molecule has 1 aromatic heterocycles. The van der Waals surface area contributed by atoms with Crippen LogP contribution >= 0.6 is 11.3 Å². The predicted octanol–water partition coefficient (Wildman–Crippen LogP) is 3.55. The van der Waals surface area contributed by atoms with E-state index in [2.05, 4.69) is 45.3 Å². The van der Waals surface area contributed by atoms with Crippen LogP contribution in [0, 0.1) is 5.41 Å². The van der Waals surface area contributed by atoms with Crippen molar-refractivity contribution in [1.82, 2.24) is 10.3 Å². The normalized spacial score (nSPS) is 15.9. The van der Waals surface area contributed by atoms with Gasteiger partial charge in [0.25, 0.3) is 0 Å². The van der Waals surface area contributed by atoms with Crippen molar-refractivity contribution >= 4 is 11.3 Å². The van der Waals surface area contributed by atoms with E-state index in [9.17, 15) is 0 Å². The maximum Gasteiger partial charge on any atom is 0.122 e. The smallest absolute Gasteiger partial charge is 0.122 e. The molecule has 2 unspecified atom stereocenters. The second-order valence-corrected chi connectivity index (χ2v) is 6.26. The maximum atomic E-state index is 5.58. The number of hydrogen-bond acceptors (Lipinski definition) is 4. The van der Waals surface area contributed by atoms with Gasteiger partial charge in [0.2, 0.25) is 0 Å². The van der Waals surface area contributed by atoms with E-state index >= 15 is 0 Å². The van der Waals surface area contributed by atoms with Gasteiger partial charge < -0.3 is 10.1 Å². The number of nitrogens with zero attached hydrogens (tertiary/aromatic N) is 1. The number of methoxy groups -OCH3 is 1. The summed E-state index contributed by atoms with van der Waals surface area (Å²) in [5, 5.41) is 6.57. The maximum absolute atomic E-state index is 5.58.